The van der Waals surface area contributed by atoms with Gasteiger partial charge >= 0.3 is 0 Å². The molecule has 4 rings (SSSR count). The molecule has 2 aromatic heterocycles. The van der Waals surface area contributed by atoms with Crippen LogP contribution in [0.15, 0.2) is 34.2 Å². The Bertz CT molecular complexity index is 928. The summed E-state index contributed by atoms with van der Waals surface area (Å²) in [7, 11) is 0. The molecule has 1 fully saturated rings. The average Bonchev–Trinajstić information content (AvgIpc) is 3.31. The van der Waals surface area contributed by atoms with Gasteiger partial charge < -0.3 is 9.55 Å². The van der Waals surface area contributed by atoms with Crippen LogP contribution in [-0.4, -0.2) is 24.7 Å². The maximum Gasteiger partial charge on any atom is 0.258 e. The first-order valence-corrected chi connectivity index (χ1v) is 8.58. The molecule has 1 atom stereocenters. The van der Waals surface area contributed by atoms with Crippen LogP contribution in [0.1, 0.15) is 42.7 Å². The third kappa shape index (κ3) is 2.65. The Morgan fingerprint density at radius 1 is 1.30 bits per heavy atom. The first kappa shape index (κ1) is 14.4. The van der Waals surface area contributed by atoms with E-state index < -0.39 is 0 Å². The summed E-state index contributed by atoms with van der Waals surface area (Å²) in [5, 5.41) is 9.98. The number of fused-ring (bicyclic) bond motifs is 1. The highest BCUT2D eigenvalue weighted by atomic mass is 32.2. The molecule has 3 aromatic rings. The van der Waals surface area contributed by atoms with Crippen LogP contribution in [0.3, 0.4) is 0 Å². The molecule has 118 valence electrons. The summed E-state index contributed by atoms with van der Waals surface area (Å²) in [6.07, 6.45) is 2.37. The number of thioether (sulfide) groups is 1. The van der Waals surface area contributed by atoms with Gasteiger partial charge in [-0.3, -0.25) is 4.79 Å². The number of aromatic nitrogens is 5. The molecule has 7 heteroatoms. The van der Waals surface area contributed by atoms with E-state index in [1.807, 2.05) is 32.0 Å². The lowest BCUT2D eigenvalue weighted by Gasteiger charge is -2.12. The summed E-state index contributed by atoms with van der Waals surface area (Å²) in [4.78, 5) is 19.7. The van der Waals surface area contributed by atoms with Crippen molar-refractivity contribution < 1.29 is 0 Å². The maximum absolute atomic E-state index is 12.2. The fraction of sp³-hybridized carbons (Fsp3) is 0.375. The zero-order valence-electron chi connectivity index (χ0n) is 13.0. The van der Waals surface area contributed by atoms with E-state index >= 15 is 0 Å². The van der Waals surface area contributed by atoms with Gasteiger partial charge in [0.2, 0.25) is 0 Å². The molecule has 0 amide bonds. The largest absolute Gasteiger partial charge is 0.309 e. The molecule has 0 radical (unpaired) electrons. The SMILES string of the molecule is Cc1nnc(S[C@H](C)c2nc3ccccc3c(=O)[nH]2)n1C1CC1. The molecule has 0 aliphatic heterocycles. The number of H-pyrrole nitrogens is 1. The van der Waals surface area contributed by atoms with Gasteiger partial charge in [-0.1, -0.05) is 23.9 Å². The van der Waals surface area contributed by atoms with Crippen molar-refractivity contribution in [2.75, 3.05) is 0 Å². The molecule has 1 aliphatic rings. The van der Waals surface area contributed by atoms with E-state index in [1.165, 1.54) is 12.8 Å². The number of benzene rings is 1. The lowest BCUT2D eigenvalue weighted by atomic mass is 10.2. The summed E-state index contributed by atoms with van der Waals surface area (Å²) >= 11 is 1.59. The molecule has 6 nitrogen and oxygen atoms in total. The van der Waals surface area contributed by atoms with Gasteiger partial charge in [0.25, 0.3) is 5.56 Å². The molecule has 23 heavy (non-hydrogen) atoms. The van der Waals surface area contributed by atoms with Gasteiger partial charge in [0.15, 0.2) is 5.16 Å². The molecule has 1 N–H and O–H groups in total. The van der Waals surface area contributed by atoms with Crippen molar-refractivity contribution in [2.24, 2.45) is 0 Å². The molecule has 0 saturated heterocycles. The fourth-order valence-electron chi connectivity index (χ4n) is 2.69. The summed E-state index contributed by atoms with van der Waals surface area (Å²) < 4.78 is 2.19. The number of nitrogens with one attached hydrogen (secondary N) is 1. The minimum absolute atomic E-state index is 0.00611. The minimum Gasteiger partial charge on any atom is -0.309 e. The number of rotatable bonds is 4. The topological polar surface area (TPSA) is 76.5 Å². The Morgan fingerprint density at radius 2 is 2.09 bits per heavy atom. The summed E-state index contributed by atoms with van der Waals surface area (Å²) in [6.45, 7) is 4.01. The minimum atomic E-state index is -0.0992. The van der Waals surface area contributed by atoms with Crippen molar-refractivity contribution in [3.05, 3.63) is 46.3 Å². The van der Waals surface area contributed by atoms with Gasteiger partial charge in [0, 0.05) is 6.04 Å². The van der Waals surface area contributed by atoms with E-state index in [4.69, 9.17) is 0 Å². The van der Waals surface area contributed by atoms with Gasteiger partial charge in [-0.15, -0.1) is 10.2 Å². The van der Waals surface area contributed by atoms with E-state index in [0.717, 1.165) is 16.5 Å². The third-order valence-corrected chi connectivity index (χ3v) is 5.11. The van der Waals surface area contributed by atoms with Crippen LogP contribution in [0.25, 0.3) is 10.9 Å². The van der Waals surface area contributed by atoms with Crippen LogP contribution in [0, 0.1) is 6.92 Å². The van der Waals surface area contributed by atoms with Gasteiger partial charge in [0.1, 0.15) is 11.6 Å². The second kappa shape index (κ2) is 5.49. The quantitative estimate of drug-likeness (QED) is 0.745. The van der Waals surface area contributed by atoms with E-state index in [-0.39, 0.29) is 10.8 Å². The number of aromatic amines is 1. The highest BCUT2D eigenvalue weighted by molar-refractivity contribution is 7.99. The van der Waals surface area contributed by atoms with Crippen molar-refractivity contribution in [1.82, 2.24) is 24.7 Å². The molecule has 1 aliphatic carbocycles. The highest BCUT2D eigenvalue weighted by Gasteiger charge is 2.29. The van der Waals surface area contributed by atoms with Gasteiger partial charge in [-0.25, -0.2) is 4.98 Å². The van der Waals surface area contributed by atoms with Gasteiger partial charge in [-0.2, -0.15) is 0 Å². The Balaban J connectivity index is 1.67. The lowest BCUT2D eigenvalue weighted by molar-refractivity contribution is 0.642. The van der Waals surface area contributed by atoms with Crippen molar-refractivity contribution in [3.63, 3.8) is 0 Å². The molecule has 1 aromatic carbocycles. The van der Waals surface area contributed by atoms with Gasteiger partial charge in [0.05, 0.1) is 16.2 Å². The molecule has 0 spiro atoms. The zero-order chi connectivity index (χ0) is 16.0. The summed E-state index contributed by atoms with van der Waals surface area (Å²) in [5.74, 6) is 1.61. The van der Waals surface area contributed by atoms with E-state index in [0.29, 0.717) is 17.3 Å². The number of nitrogens with zero attached hydrogens (tertiary/aromatic N) is 4. The summed E-state index contributed by atoms with van der Waals surface area (Å²) in [6, 6.07) is 7.92. The number of hydrogen-bond donors (Lipinski definition) is 1. The smallest absolute Gasteiger partial charge is 0.258 e. The Kier molecular flexibility index (Phi) is 3.45. The monoisotopic (exact) mass is 327 g/mol. The third-order valence-electron chi connectivity index (χ3n) is 4.05. The van der Waals surface area contributed by atoms with Crippen molar-refractivity contribution in [1.29, 1.82) is 0 Å². The Labute approximate surface area is 137 Å². The highest BCUT2D eigenvalue weighted by Crippen LogP contribution is 2.41. The molecule has 1 saturated carbocycles. The maximum atomic E-state index is 12.2. The predicted octanol–water partition coefficient (Wildman–Crippen LogP) is 3.01. The van der Waals surface area contributed by atoms with E-state index in [2.05, 4.69) is 24.7 Å². The van der Waals surface area contributed by atoms with Crippen molar-refractivity contribution in [2.45, 2.75) is 43.1 Å². The van der Waals surface area contributed by atoms with Crippen LogP contribution in [-0.2, 0) is 0 Å². The predicted molar refractivity (Wildman–Crippen MR) is 89.7 cm³/mol. The molecule has 0 unspecified atom stereocenters. The average molecular weight is 327 g/mol. The molecular weight excluding hydrogens is 310 g/mol. The van der Waals surface area contributed by atoms with Crippen LogP contribution in [0.4, 0.5) is 0 Å². The second-order valence-corrected chi connectivity index (χ2v) is 7.17. The standard InChI is InChI=1S/C16H17N5OS/c1-9(23-16-20-19-10(2)21(16)11-7-8-11)14-17-13-6-4-3-5-12(13)15(22)18-14/h3-6,9,11H,7-8H2,1-2H3,(H,17,18,22)/t9-/m1/s1. The molecule has 0 bridgehead atoms. The Hall–Kier alpha value is -2.15. The summed E-state index contributed by atoms with van der Waals surface area (Å²) in [5.41, 5.74) is 0.622. The number of para-hydroxylation sites is 1. The van der Waals surface area contributed by atoms with Crippen molar-refractivity contribution >= 4 is 22.7 Å². The first-order chi connectivity index (χ1) is 11.1. The number of aryl methyl sites for hydroxylation is 1. The van der Waals surface area contributed by atoms with Crippen LogP contribution < -0.4 is 5.56 Å². The van der Waals surface area contributed by atoms with Crippen LogP contribution in [0.5, 0.6) is 0 Å². The number of hydrogen-bond acceptors (Lipinski definition) is 5. The fourth-order valence-corrected chi connectivity index (χ4v) is 3.72. The van der Waals surface area contributed by atoms with Crippen LogP contribution in [0.2, 0.25) is 0 Å². The zero-order valence-corrected chi connectivity index (χ0v) is 13.8. The second-order valence-electron chi connectivity index (χ2n) is 5.86. The van der Waals surface area contributed by atoms with E-state index in [1.54, 1.807) is 17.8 Å². The normalized spacial score (nSPS) is 15.9. The Morgan fingerprint density at radius 3 is 2.87 bits per heavy atom. The molecular formula is C16H17N5OS. The van der Waals surface area contributed by atoms with Crippen molar-refractivity contribution in [3.8, 4) is 0 Å². The molecule has 2 heterocycles. The first-order valence-electron chi connectivity index (χ1n) is 7.70. The lowest BCUT2D eigenvalue weighted by Crippen LogP contribution is -2.13. The van der Waals surface area contributed by atoms with Gasteiger partial charge in [-0.05, 0) is 38.8 Å². The van der Waals surface area contributed by atoms with E-state index in [9.17, 15) is 4.79 Å². The van der Waals surface area contributed by atoms with Crippen LogP contribution >= 0.6 is 11.8 Å².